The molecule has 2 unspecified atom stereocenters. The maximum atomic E-state index is 11.8. The van der Waals surface area contributed by atoms with Gasteiger partial charge in [0, 0.05) is 0 Å². The smallest absolute Gasteiger partial charge is 0.177 e. The Labute approximate surface area is 40.5 Å². The van der Waals surface area contributed by atoms with Gasteiger partial charge in [-0.3, -0.25) is 0 Å². The highest BCUT2D eigenvalue weighted by molar-refractivity contribution is 4.95. The lowest BCUT2D eigenvalue weighted by molar-refractivity contribution is -0.0939. The van der Waals surface area contributed by atoms with Crippen molar-refractivity contribution in [1.82, 2.24) is 0 Å². The molecule has 2 atom stereocenters. The van der Waals surface area contributed by atoms with Crippen molar-refractivity contribution in [2.24, 2.45) is 0 Å². The number of alkyl halides is 1. The molecule has 0 aromatic carbocycles. The number of nitrogens with zero attached hydrogens (tertiary/aromatic N) is 1. The van der Waals surface area contributed by atoms with Gasteiger partial charge >= 0.3 is 0 Å². The maximum Gasteiger partial charge on any atom is 0.177 e. The van der Waals surface area contributed by atoms with Crippen LogP contribution in [0.25, 0.3) is 0 Å². The first kappa shape index (κ1) is 4.54. The van der Waals surface area contributed by atoms with Crippen molar-refractivity contribution in [3.05, 3.63) is 0 Å². The summed E-state index contributed by atoms with van der Waals surface area (Å²) >= 11 is 0. The Bertz CT molecular complexity index is 109. The minimum absolute atomic E-state index is 0.0955. The highest BCUT2D eigenvalue weighted by Gasteiger charge is 2.31. The van der Waals surface area contributed by atoms with Crippen LogP contribution in [0.1, 0.15) is 0 Å². The van der Waals surface area contributed by atoms with E-state index in [0.717, 1.165) is 0 Å². The fourth-order valence-electron chi connectivity index (χ4n) is 0.383. The summed E-state index contributed by atoms with van der Waals surface area (Å²) in [4.78, 5) is 0. The lowest BCUT2D eigenvalue weighted by atomic mass is 10.2. The molecule has 1 saturated heterocycles. The monoisotopic (exact) mass is 101 g/mol. The van der Waals surface area contributed by atoms with Gasteiger partial charge in [-0.15, -0.1) is 0 Å². The van der Waals surface area contributed by atoms with Crippen LogP contribution in [0.2, 0.25) is 0 Å². The van der Waals surface area contributed by atoms with E-state index < -0.39 is 12.3 Å². The van der Waals surface area contributed by atoms with Gasteiger partial charge in [-0.2, -0.15) is 5.26 Å². The summed E-state index contributed by atoms with van der Waals surface area (Å²) in [6.45, 7) is 0.0955. The Hall–Kier alpha value is -0.620. The third-order valence-corrected chi connectivity index (χ3v) is 0.891. The van der Waals surface area contributed by atoms with Crippen LogP contribution in [-0.4, -0.2) is 18.9 Å². The molecule has 0 aromatic heterocycles. The Morgan fingerprint density at radius 1 is 1.86 bits per heavy atom. The topological polar surface area (TPSA) is 33.0 Å². The molecule has 0 aliphatic carbocycles. The summed E-state index contributed by atoms with van der Waals surface area (Å²) in [6.07, 6.45) is -1.81. The van der Waals surface area contributed by atoms with Crippen molar-refractivity contribution in [1.29, 1.82) is 5.26 Å². The Morgan fingerprint density at radius 3 is 2.57 bits per heavy atom. The van der Waals surface area contributed by atoms with Gasteiger partial charge in [0.15, 0.2) is 12.3 Å². The second-order valence-electron chi connectivity index (χ2n) is 1.40. The van der Waals surface area contributed by atoms with Gasteiger partial charge in [0.2, 0.25) is 0 Å². The van der Waals surface area contributed by atoms with E-state index in [4.69, 9.17) is 5.26 Å². The number of halogens is 1. The molecule has 1 fully saturated rings. The van der Waals surface area contributed by atoms with E-state index in [2.05, 4.69) is 4.74 Å². The summed E-state index contributed by atoms with van der Waals surface area (Å²) in [5.74, 6) is 0. The predicted octanol–water partition coefficient (Wildman–Crippen LogP) is 0.247. The normalized spacial score (nSPS) is 38.9. The summed E-state index contributed by atoms with van der Waals surface area (Å²) in [7, 11) is 0. The molecule has 0 spiro atoms. The summed E-state index contributed by atoms with van der Waals surface area (Å²) in [5.41, 5.74) is 0. The molecule has 0 aromatic rings. The van der Waals surface area contributed by atoms with Crippen molar-refractivity contribution >= 4 is 0 Å². The highest BCUT2D eigenvalue weighted by atomic mass is 19.1. The lowest BCUT2D eigenvalue weighted by Crippen LogP contribution is -2.40. The summed E-state index contributed by atoms with van der Waals surface area (Å²) in [5, 5.41) is 7.94. The minimum Gasteiger partial charge on any atom is -0.357 e. The average Bonchev–Trinajstić information content (AvgIpc) is 1.65. The van der Waals surface area contributed by atoms with Gasteiger partial charge in [-0.05, 0) is 0 Å². The van der Waals surface area contributed by atoms with E-state index >= 15 is 0 Å². The third-order valence-electron chi connectivity index (χ3n) is 0.891. The van der Waals surface area contributed by atoms with Gasteiger partial charge in [0.1, 0.15) is 0 Å². The molecule has 2 nitrogen and oxygen atoms in total. The molecule has 1 aliphatic heterocycles. The van der Waals surface area contributed by atoms with Crippen molar-refractivity contribution in [3.63, 3.8) is 0 Å². The van der Waals surface area contributed by atoms with E-state index in [0.29, 0.717) is 0 Å². The second-order valence-corrected chi connectivity index (χ2v) is 1.40. The van der Waals surface area contributed by atoms with Crippen LogP contribution in [0, 0.1) is 11.3 Å². The van der Waals surface area contributed by atoms with Crippen molar-refractivity contribution in [3.8, 4) is 6.07 Å². The molecule has 1 heterocycles. The van der Waals surface area contributed by atoms with Crippen molar-refractivity contribution in [2.75, 3.05) is 6.61 Å². The minimum atomic E-state index is -1.04. The fourth-order valence-corrected chi connectivity index (χ4v) is 0.383. The van der Waals surface area contributed by atoms with Crippen LogP contribution < -0.4 is 0 Å². The first-order chi connectivity index (χ1) is 3.34. The molecule has 0 N–H and O–H groups in total. The van der Waals surface area contributed by atoms with E-state index in [9.17, 15) is 4.39 Å². The van der Waals surface area contributed by atoms with Crippen LogP contribution in [0.4, 0.5) is 4.39 Å². The summed E-state index contributed by atoms with van der Waals surface area (Å²) in [6, 6.07) is 1.65. The average molecular weight is 101 g/mol. The standard InChI is InChI=1S/C4H4FNO/c5-3-2-7-4(3)1-6/h3-4H,2H2. The third kappa shape index (κ3) is 0.570. The molecule has 7 heavy (non-hydrogen) atoms. The number of rotatable bonds is 0. The number of hydrogen-bond donors (Lipinski definition) is 0. The zero-order chi connectivity index (χ0) is 5.28. The zero-order valence-electron chi connectivity index (χ0n) is 3.60. The summed E-state index contributed by atoms with van der Waals surface area (Å²) < 4.78 is 16.3. The van der Waals surface area contributed by atoms with Crippen LogP contribution in [0.15, 0.2) is 0 Å². The second kappa shape index (κ2) is 1.47. The van der Waals surface area contributed by atoms with Gasteiger partial charge in [-0.1, -0.05) is 0 Å². The maximum absolute atomic E-state index is 11.8. The zero-order valence-corrected chi connectivity index (χ0v) is 3.60. The highest BCUT2D eigenvalue weighted by Crippen LogP contribution is 2.13. The van der Waals surface area contributed by atoms with Gasteiger partial charge in [0.25, 0.3) is 0 Å². The molecule has 1 rings (SSSR count). The van der Waals surface area contributed by atoms with Crippen LogP contribution in [0.3, 0.4) is 0 Å². The quantitative estimate of drug-likeness (QED) is 0.438. The van der Waals surface area contributed by atoms with E-state index in [1.165, 1.54) is 0 Å². The molecule has 1 aliphatic rings. The predicted molar refractivity (Wildman–Crippen MR) is 20.2 cm³/mol. The van der Waals surface area contributed by atoms with Crippen molar-refractivity contribution in [2.45, 2.75) is 12.3 Å². The Kier molecular flexibility index (Phi) is 0.953. The van der Waals surface area contributed by atoms with Crippen LogP contribution in [-0.2, 0) is 4.74 Å². The molecular weight excluding hydrogens is 97.0 g/mol. The first-order valence-corrected chi connectivity index (χ1v) is 2.00. The fraction of sp³-hybridized carbons (Fsp3) is 0.750. The van der Waals surface area contributed by atoms with E-state index in [1.54, 1.807) is 6.07 Å². The van der Waals surface area contributed by atoms with Gasteiger partial charge < -0.3 is 4.74 Å². The van der Waals surface area contributed by atoms with Gasteiger partial charge in [-0.25, -0.2) is 4.39 Å². The number of nitriles is 1. The molecular formula is C4H4FNO. The molecule has 0 bridgehead atoms. The lowest BCUT2D eigenvalue weighted by Gasteiger charge is -2.23. The first-order valence-electron chi connectivity index (χ1n) is 2.00. The molecule has 0 radical (unpaired) electrons. The number of ether oxygens (including phenoxy) is 1. The van der Waals surface area contributed by atoms with Crippen molar-refractivity contribution < 1.29 is 9.13 Å². The Balaban J connectivity index is 2.33. The van der Waals surface area contributed by atoms with E-state index in [-0.39, 0.29) is 6.61 Å². The Morgan fingerprint density at radius 2 is 2.57 bits per heavy atom. The molecule has 38 valence electrons. The molecule has 0 amide bonds. The number of hydrogen-bond acceptors (Lipinski definition) is 2. The largest absolute Gasteiger partial charge is 0.357 e. The molecule has 0 saturated carbocycles. The SMILES string of the molecule is N#CC1OCC1F. The molecule has 3 heteroatoms. The van der Waals surface area contributed by atoms with Crippen LogP contribution in [0.5, 0.6) is 0 Å². The van der Waals surface area contributed by atoms with E-state index in [1.807, 2.05) is 0 Å². The van der Waals surface area contributed by atoms with Crippen LogP contribution >= 0.6 is 0 Å². The van der Waals surface area contributed by atoms with Gasteiger partial charge in [0.05, 0.1) is 12.7 Å².